The maximum atomic E-state index is 13.0. The molecule has 0 atom stereocenters. The van der Waals surface area contributed by atoms with Crippen LogP contribution < -0.4 is 16.1 Å². The number of halogens is 3. The molecule has 0 radical (unpaired) electrons. The lowest BCUT2D eigenvalue weighted by Crippen LogP contribution is -2.39. The van der Waals surface area contributed by atoms with Gasteiger partial charge in [-0.05, 0) is 31.0 Å². The molecule has 0 spiro atoms. The molecule has 0 aliphatic heterocycles. The Labute approximate surface area is 125 Å². The molecule has 2 rings (SSSR count). The molecule has 0 amide bonds. The van der Waals surface area contributed by atoms with Gasteiger partial charge in [-0.1, -0.05) is 0 Å². The Bertz CT molecular complexity index is 870. The van der Waals surface area contributed by atoms with Crippen LogP contribution in [0.15, 0.2) is 21.7 Å². The highest BCUT2D eigenvalue weighted by atomic mass is 32.2. The summed E-state index contributed by atoms with van der Waals surface area (Å²) in [5.41, 5.74) is -3.86. The quantitative estimate of drug-likeness (QED) is 0.660. The maximum Gasteiger partial charge on any atom is 0.417 e. The Morgan fingerprint density at radius 1 is 1.32 bits per heavy atom. The van der Waals surface area contributed by atoms with Crippen LogP contribution in [-0.2, 0) is 6.18 Å². The van der Waals surface area contributed by atoms with Crippen LogP contribution in [0.25, 0.3) is 10.9 Å². The summed E-state index contributed by atoms with van der Waals surface area (Å²) < 4.78 is 39.6. The van der Waals surface area contributed by atoms with Gasteiger partial charge in [-0.15, -0.1) is 0 Å². The zero-order valence-electron chi connectivity index (χ0n) is 11.4. The van der Waals surface area contributed by atoms with Gasteiger partial charge in [-0.3, -0.25) is 14.4 Å². The number of ketones is 1. The molecule has 0 bridgehead atoms. The Morgan fingerprint density at radius 3 is 2.45 bits per heavy atom. The fourth-order valence-electron chi connectivity index (χ4n) is 1.96. The first kappa shape index (κ1) is 16.1. The predicted octanol–water partition coefficient (Wildman–Crippen LogP) is 1.73. The number of nitrogens with one attached hydrogen (secondary N) is 2. The van der Waals surface area contributed by atoms with Crippen LogP contribution in [0.1, 0.15) is 22.8 Å². The lowest BCUT2D eigenvalue weighted by molar-refractivity contribution is -0.137. The van der Waals surface area contributed by atoms with Crippen molar-refractivity contribution >= 4 is 28.6 Å². The van der Waals surface area contributed by atoms with Gasteiger partial charge in [0.05, 0.1) is 16.5 Å². The molecule has 22 heavy (non-hydrogen) atoms. The molecule has 0 saturated heterocycles. The number of benzene rings is 1. The summed E-state index contributed by atoms with van der Waals surface area (Å²) in [6.45, 7) is 0.973. The summed E-state index contributed by atoms with van der Waals surface area (Å²) in [7, 11) is 0. The molecule has 118 valence electrons. The van der Waals surface area contributed by atoms with E-state index in [4.69, 9.17) is 0 Å². The van der Waals surface area contributed by atoms with Crippen molar-refractivity contribution in [1.29, 1.82) is 0 Å². The average molecular weight is 333 g/mol. The van der Waals surface area contributed by atoms with Crippen molar-refractivity contribution in [3.05, 3.63) is 44.1 Å². The van der Waals surface area contributed by atoms with E-state index < -0.39 is 34.3 Å². The van der Waals surface area contributed by atoms with Crippen LogP contribution in [-0.4, -0.2) is 21.7 Å². The van der Waals surface area contributed by atoms with E-state index in [2.05, 4.69) is 9.82 Å². The van der Waals surface area contributed by atoms with Crippen molar-refractivity contribution in [2.45, 2.75) is 13.1 Å². The second-order valence-corrected chi connectivity index (χ2v) is 4.95. The molecule has 2 N–H and O–H groups in total. The van der Waals surface area contributed by atoms with Crippen molar-refractivity contribution in [3.8, 4) is 0 Å². The standard InChI is InChI=1S/C12H10F3N3O3S/c1-5(19)6-3-7-9(4-8(6)12(13,14)15)16-11(21)18(10(7)20)17-22-2/h3-4,17H,1-2H3,(H,16,21). The molecular formula is C12H10F3N3O3S. The SMILES string of the molecule is CSNn1c(=O)[nH]c2cc(C(F)(F)F)c(C(C)=O)cc2c1=O. The maximum absolute atomic E-state index is 13.0. The van der Waals surface area contributed by atoms with Gasteiger partial charge in [0.15, 0.2) is 5.78 Å². The van der Waals surface area contributed by atoms with Gasteiger partial charge in [0.25, 0.3) is 5.56 Å². The minimum absolute atomic E-state index is 0.195. The van der Waals surface area contributed by atoms with Crippen molar-refractivity contribution in [3.63, 3.8) is 0 Å². The second-order valence-electron chi connectivity index (χ2n) is 4.36. The van der Waals surface area contributed by atoms with Gasteiger partial charge < -0.3 is 4.98 Å². The monoisotopic (exact) mass is 333 g/mol. The number of Topliss-reactive ketones (excluding diaryl/α,β-unsaturated/α-hetero) is 1. The van der Waals surface area contributed by atoms with E-state index in [1.165, 1.54) is 0 Å². The van der Waals surface area contributed by atoms with Crippen LogP contribution in [0, 0.1) is 0 Å². The summed E-state index contributed by atoms with van der Waals surface area (Å²) >= 11 is 0.956. The number of H-pyrrole nitrogens is 1. The lowest BCUT2D eigenvalue weighted by Gasteiger charge is -2.13. The number of hydrogen-bond donors (Lipinski definition) is 2. The van der Waals surface area contributed by atoms with Gasteiger partial charge in [-0.2, -0.15) is 17.8 Å². The zero-order valence-corrected chi connectivity index (χ0v) is 12.2. The van der Waals surface area contributed by atoms with Crippen LogP contribution in [0.5, 0.6) is 0 Å². The molecule has 0 saturated carbocycles. The molecule has 0 aliphatic carbocycles. The van der Waals surface area contributed by atoms with Crippen molar-refractivity contribution in [2.75, 3.05) is 11.1 Å². The van der Waals surface area contributed by atoms with Crippen LogP contribution in [0.4, 0.5) is 13.2 Å². The minimum Gasteiger partial charge on any atom is -0.305 e. The predicted molar refractivity (Wildman–Crippen MR) is 76.7 cm³/mol. The number of carbonyl (C=O) groups excluding carboxylic acids is 1. The van der Waals surface area contributed by atoms with Gasteiger partial charge in [0.2, 0.25) is 0 Å². The van der Waals surface area contributed by atoms with E-state index in [9.17, 15) is 27.6 Å². The number of aromatic nitrogens is 2. The van der Waals surface area contributed by atoms with Gasteiger partial charge in [-0.25, -0.2) is 4.79 Å². The fourth-order valence-corrected chi connectivity index (χ4v) is 2.31. The van der Waals surface area contributed by atoms with Crippen LogP contribution in [0.2, 0.25) is 0 Å². The van der Waals surface area contributed by atoms with Crippen molar-refractivity contribution in [1.82, 2.24) is 9.66 Å². The smallest absolute Gasteiger partial charge is 0.305 e. The zero-order chi connectivity index (χ0) is 16.7. The first-order chi connectivity index (χ1) is 10.2. The summed E-state index contributed by atoms with van der Waals surface area (Å²) in [4.78, 5) is 39.9. The van der Waals surface area contributed by atoms with Gasteiger partial charge in [0, 0.05) is 11.8 Å². The van der Waals surface area contributed by atoms with Crippen molar-refractivity contribution < 1.29 is 18.0 Å². The van der Waals surface area contributed by atoms with Gasteiger partial charge in [0.1, 0.15) is 0 Å². The highest BCUT2D eigenvalue weighted by Gasteiger charge is 2.35. The summed E-state index contributed by atoms with van der Waals surface area (Å²) in [6, 6.07) is 1.44. The highest BCUT2D eigenvalue weighted by Crippen LogP contribution is 2.33. The van der Waals surface area contributed by atoms with E-state index >= 15 is 0 Å². The van der Waals surface area contributed by atoms with E-state index in [-0.39, 0.29) is 10.9 Å². The first-order valence-electron chi connectivity index (χ1n) is 5.87. The molecule has 0 aliphatic rings. The lowest BCUT2D eigenvalue weighted by atomic mass is 10.0. The van der Waals surface area contributed by atoms with Crippen LogP contribution in [0.3, 0.4) is 0 Å². The molecule has 2 aromatic rings. The van der Waals surface area contributed by atoms with E-state index in [1.54, 1.807) is 6.26 Å². The number of aromatic amines is 1. The summed E-state index contributed by atoms with van der Waals surface area (Å²) in [5, 5.41) is -0.195. The Morgan fingerprint density at radius 2 is 1.95 bits per heavy atom. The highest BCUT2D eigenvalue weighted by molar-refractivity contribution is 7.99. The normalized spacial score (nSPS) is 11.7. The molecule has 6 nitrogen and oxygen atoms in total. The molecule has 0 fully saturated rings. The third-order valence-corrected chi connectivity index (χ3v) is 3.27. The van der Waals surface area contributed by atoms with E-state index in [1.807, 2.05) is 0 Å². The number of fused-ring (bicyclic) bond motifs is 1. The number of hydrogen-bond acceptors (Lipinski definition) is 5. The largest absolute Gasteiger partial charge is 0.417 e. The van der Waals surface area contributed by atoms with E-state index in [0.717, 1.165) is 24.9 Å². The van der Waals surface area contributed by atoms with Crippen molar-refractivity contribution in [2.24, 2.45) is 0 Å². The number of carbonyl (C=O) groups is 1. The molecule has 10 heteroatoms. The fraction of sp³-hybridized carbons (Fsp3) is 0.250. The number of nitrogens with zero attached hydrogens (tertiary/aromatic N) is 1. The summed E-state index contributed by atoms with van der Waals surface area (Å²) in [5.74, 6) is -0.829. The Hall–Kier alpha value is -2.23. The number of rotatable bonds is 3. The average Bonchev–Trinajstić information content (AvgIpc) is 2.41. The Kier molecular flexibility index (Phi) is 4.05. The first-order valence-corrected chi connectivity index (χ1v) is 7.09. The second kappa shape index (κ2) is 5.52. The molecule has 1 aromatic carbocycles. The third-order valence-electron chi connectivity index (χ3n) is 2.90. The number of alkyl halides is 3. The third kappa shape index (κ3) is 2.73. The van der Waals surface area contributed by atoms with E-state index in [0.29, 0.717) is 10.7 Å². The Balaban J connectivity index is 2.92. The topological polar surface area (TPSA) is 84.0 Å². The minimum atomic E-state index is -4.78. The summed E-state index contributed by atoms with van der Waals surface area (Å²) in [6.07, 6.45) is -3.22. The van der Waals surface area contributed by atoms with Gasteiger partial charge >= 0.3 is 11.9 Å². The molecule has 1 aromatic heterocycles. The molecule has 0 unspecified atom stereocenters. The van der Waals surface area contributed by atoms with Crippen LogP contribution >= 0.6 is 11.9 Å². The molecule has 1 heterocycles. The molecular weight excluding hydrogens is 323 g/mol.